The van der Waals surface area contributed by atoms with Crippen LogP contribution in [0.3, 0.4) is 0 Å². The Morgan fingerprint density at radius 2 is 1.93 bits per heavy atom. The summed E-state index contributed by atoms with van der Waals surface area (Å²) in [5, 5.41) is 0. The summed E-state index contributed by atoms with van der Waals surface area (Å²) in [4.78, 5) is 18.5. The Morgan fingerprint density at radius 3 is 2.36 bits per heavy atom. The van der Waals surface area contributed by atoms with E-state index in [1.165, 1.54) is 13.3 Å². The Hall–Kier alpha value is -1.32. The molecule has 76 valence electrons. The zero-order valence-electron chi connectivity index (χ0n) is 8.76. The van der Waals surface area contributed by atoms with E-state index in [0.717, 1.165) is 0 Å². The number of carbonyl (C=O) groups excluding carboxylic acids is 1. The van der Waals surface area contributed by atoms with Crippen LogP contribution in [0, 0.1) is 5.82 Å². The molecule has 1 aromatic heterocycles. The quantitative estimate of drug-likeness (QED) is 0.646. The van der Waals surface area contributed by atoms with Crippen LogP contribution in [0.1, 0.15) is 43.9 Å². The van der Waals surface area contributed by atoms with Gasteiger partial charge in [-0.15, -0.1) is 0 Å². The van der Waals surface area contributed by atoms with Crippen molar-refractivity contribution in [1.29, 1.82) is 0 Å². The van der Waals surface area contributed by atoms with E-state index in [-0.39, 0.29) is 17.2 Å². The predicted molar refractivity (Wildman–Crippen MR) is 50.7 cm³/mol. The van der Waals surface area contributed by atoms with Crippen molar-refractivity contribution in [2.45, 2.75) is 33.1 Å². The van der Waals surface area contributed by atoms with Gasteiger partial charge < -0.3 is 0 Å². The van der Waals surface area contributed by atoms with E-state index in [9.17, 15) is 9.18 Å². The number of hydrogen-bond donors (Lipinski definition) is 0. The van der Waals surface area contributed by atoms with Crippen molar-refractivity contribution in [3.63, 3.8) is 0 Å². The van der Waals surface area contributed by atoms with Crippen molar-refractivity contribution in [1.82, 2.24) is 9.97 Å². The van der Waals surface area contributed by atoms with Crippen LogP contribution in [0.4, 0.5) is 4.39 Å². The van der Waals surface area contributed by atoms with Crippen molar-refractivity contribution >= 4 is 5.78 Å². The third-order valence-corrected chi connectivity index (χ3v) is 1.83. The van der Waals surface area contributed by atoms with Crippen LogP contribution in [0.15, 0.2) is 6.33 Å². The van der Waals surface area contributed by atoms with Gasteiger partial charge in [-0.3, -0.25) is 4.79 Å². The summed E-state index contributed by atoms with van der Waals surface area (Å²) < 4.78 is 13.7. The number of hydrogen-bond acceptors (Lipinski definition) is 3. The molecule has 0 saturated heterocycles. The van der Waals surface area contributed by atoms with Gasteiger partial charge in [0.2, 0.25) is 0 Å². The molecule has 1 rings (SSSR count). The van der Waals surface area contributed by atoms with E-state index in [1.807, 2.05) is 20.8 Å². The summed E-state index contributed by atoms with van der Waals surface area (Å²) >= 11 is 0. The molecule has 0 fully saturated rings. The summed E-state index contributed by atoms with van der Waals surface area (Å²) in [6.45, 7) is 6.80. The molecule has 0 spiro atoms. The lowest BCUT2D eigenvalue weighted by Crippen LogP contribution is -2.19. The molecule has 0 bridgehead atoms. The topological polar surface area (TPSA) is 42.9 Å². The molecule has 0 N–H and O–H groups in total. The van der Waals surface area contributed by atoms with Crippen LogP contribution in [0.2, 0.25) is 0 Å². The van der Waals surface area contributed by atoms with Crippen molar-refractivity contribution < 1.29 is 9.18 Å². The molecule has 0 unspecified atom stereocenters. The first kappa shape index (κ1) is 10.8. The highest BCUT2D eigenvalue weighted by Crippen LogP contribution is 2.23. The molecule has 0 amide bonds. The van der Waals surface area contributed by atoms with Gasteiger partial charge in [0.25, 0.3) is 0 Å². The summed E-state index contributed by atoms with van der Waals surface area (Å²) in [5.41, 5.74) is -0.278. The third kappa shape index (κ3) is 1.95. The average Bonchev–Trinajstić information content (AvgIpc) is 2.01. The van der Waals surface area contributed by atoms with Crippen LogP contribution < -0.4 is 0 Å². The Balaban J connectivity index is 3.35. The summed E-state index contributed by atoms with van der Waals surface area (Å²) in [5.74, 6) is -0.983. The summed E-state index contributed by atoms with van der Waals surface area (Å²) in [6, 6.07) is 0. The van der Waals surface area contributed by atoms with E-state index in [2.05, 4.69) is 9.97 Å². The molecular weight excluding hydrogens is 183 g/mol. The second-order valence-electron chi connectivity index (χ2n) is 4.19. The van der Waals surface area contributed by atoms with E-state index in [4.69, 9.17) is 0 Å². The Labute approximate surface area is 82.4 Å². The Morgan fingerprint density at radius 1 is 1.36 bits per heavy atom. The monoisotopic (exact) mass is 196 g/mol. The minimum atomic E-state index is -0.604. The molecule has 0 atom stereocenters. The van der Waals surface area contributed by atoms with Gasteiger partial charge >= 0.3 is 0 Å². The molecular formula is C10H13FN2O. The predicted octanol–water partition coefficient (Wildman–Crippen LogP) is 2.12. The Bertz CT molecular complexity index is 369. The number of Topliss-reactive ketones (excluding diaryl/α,β-unsaturated/α-hetero) is 1. The number of rotatable bonds is 1. The third-order valence-electron chi connectivity index (χ3n) is 1.83. The van der Waals surface area contributed by atoms with E-state index in [1.54, 1.807) is 0 Å². The number of nitrogens with zero attached hydrogens (tertiary/aromatic N) is 2. The molecule has 0 aliphatic carbocycles. The molecule has 0 saturated carbocycles. The van der Waals surface area contributed by atoms with Gasteiger partial charge in [0.15, 0.2) is 11.6 Å². The molecule has 1 aromatic rings. The molecule has 1 heterocycles. The van der Waals surface area contributed by atoms with Crippen molar-refractivity contribution in [2.24, 2.45) is 0 Å². The molecule has 0 aromatic carbocycles. The largest absolute Gasteiger partial charge is 0.293 e. The van der Waals surface area contributed by atoms with Crippen molar-refractivity contribution in [3.05, 3.63) is 23.5 Å². The second-order valence-corrected chi connectivity index (χ2v) is 4.19. The first-order valence-corrected chi connectivity index (χ1v) is 4.36. The molecule has 0 aliphatic heterocycles. The van der Waals surface area contributed by atoms with Crippen molar-refractivity contribution in [2.75, 3.05) is 0 Å². The highest BCUT2D eigenvalue weighted by molar-refractivity contribution is 5.92. The molecule has 4 heteroatoms. The maximum atomic E-state index is 13.7. The van der Waals surface area contributed by atoms with Crippen LogP contribution in [0.25, 0.3) is 0 Å². The van der Waals surface area contributed by atoms with Crippen LogP contribution >= 0.6 is 0 Å². The van der Waals surface area contributed by atoms with Gasteiger partial charge in [0, 0.05) is 12.3 Å². The minimum Gasteiger partial charge on any atom is -0.293 e. The number of carbonyl (C=O) groups is 1. The zero-order chi connectivity index (χ0) is 10.9. The van der Waals surface area contributed by atoms with Gasteiger partial charge in [0.05, 0.1) is 5.69 Å². The lowest BCUT2D eigenvalue weighted by molar-refractivity contribution is 0.100. The lowest BCUT2D eigenvalue weighted by atomic mass is 9.91. The van der Waals surface area contributed by atoms with Gasteiger partial charge in [0.1, 0.15) is 12.0 Å². The minimum absolute atomic E-state index is 0.134. The number of aromatic nitrogens is 2. The summed E-state index contributed by atoms with van der Waals surface area (Å²) in [6.07, 6.45) is 1.22. The second kappa shape index (κ2) is 3.44. The highest BCUT2D eigenvalue weighted by atomic mass is 19.1. The van der Waals surface area contributed by atoms with E-state index >= 15 is 0 Å². The van der Waals surface area contributed by atoms with Gasteiger partial charge in [-0.05, 0) is 0 Å². The van der Waals surface area contributed by atoms with Crippen LogP contribution in [-0.4, -0.2) is 15.8 Å². The number of ketones is 1. The lowest BCUT2D eigenvalue weighted by Gasteiger charge is -2.18. The first-order chi connectivity index (χ1) is 6.34. The van der Waals surface area contributed by atoms with Gasteiger partial charge in [-0.1, -0.05) is 20.8 Å². The maximum Gasteiger partial charge on any atom is 0.181 e. The fourth-order valence-corrected chi connectivity index (χ4v) is 1.14. The molecule has 3 nitrogen and oxygen atoms in total. The molecule has 0 aliphatic rings. The molecule has 14 heavy (non-hydrogen) atoms. The van der Waals surface area contributed by atoms with E-state index < -0.39 is 11.2 Å². The van der Waals surface area contributed by atoms with Crippen LogP contribution in [0.5, 0.6) is 0 Å². The number of halogens is 1. The molecule has 0 radical (unpaired) electrons. The highest BCUT2D eigenvalue weighted by Gasteiger charge is 2.24. The average molecular weight is 196 g/mol. The fourth-order valence-electron chi connectivity index (χ4n) is 1.14. The van der Waals surface area contributed by atoms with Crippen molar-refractivity contribution in [3.8, 4) is 0 Å². The van der Waals surface area contributed by atoms with Crippen LogP contribution in [-0.2, 0) is 5.41 Å². The zero-order valence-corrected chi connectivity index (χ0v) is 8.76. The normalized spacial score (nSPS) is 11.5. The standard InChI is InChI=1S/C10H13FN2O/c1-6(14)8-7(11)9(10(2,3)4)13-5-12-8/h5H,1-4H3. The fraction of sp³-hybridized carbons (Fsp3) is 0.500. The Kier molecular flexibility index (Phi) is 2.64. The van der Waals surface area contributed by atoms with E-state index in [0.29, 0.717) is 0 Å². The maximum absolute atomic E-state index is 13.7. The van der Waals surface area contributed by atoms with Gasteiger partial charge in [-0.2, -0.15) is 0 Å². The smallest absolute Gasteiger partial charge is 0.181 e. The summed E-state index contributed by atoms with van der Waals surface area (Å²) in [7, 11) is 0. The first-order valence-electron chi connectivity index (χ1n) is 4.36. The SMILES string of the molecule is CC(=O)c1ncnc(C(C)(C)C)c1F. The van der Waals surface area contributed by atoms with Gasteiger partial charge in [-0.25, -0.2) is 14.4 Å².